The lowest BCUT2D eigenvalue weighted by molar-refractivity contribution is 0.0376. The van der Waals surface area contributed by atoms with E-state index < -0.39 is 6.10 Å². The molecule has 2 atom stereocenters. The Hall–Kier alpha value is -2.12. The molecule has 2 aromatic carbocycles. The third kappa shape index (κ3) is 4.72. The predicted octanol–water partition coefficient (Wildman–Crippen LogP) is 2.95. The number of amides is 2. The Balaban J connectivity index is 1.35. The smallest absolute Gasteiger partial charge is 0.254 e. The molecule has 8 heteroatoms. The Morgan fingerprint density at radius 2 is 1.48 bits per heavy atom. The van der Waals surface area contributed by atoms with Gasteiger partial charge in [-0.2, -0.15) is 0 Å². The molecule has 0 saturated carbocycles. The number of benzene rings is 2. The summed E-state index contributed by atoms with van der Waals surface area (Å²) in [5, 5.41) is 11.9. The Labute approximate surface area is 191 Å². The normalized spacial score (nSPS) is 22.1. The number of carbonyl (C=O) groups is 2. The van der Waals surface area contributed by atoms with Gasteiger partial charge in [0.15, 0.2) is 0 Å². The Morgan fingerprint density at radius 3 is 2.13 bits per heavy atom. The second-order valence-electron chi connectivity index (χ2n) is 8.14. The van der Waals surface area contributed by atoms with Crippen molar-refractivity contribution in [2.45, 2.75) is 19.1 Å². The van der Waals surface area contributed by atoms with Crippen LogP contribution in [0.3, 0.4) is 0 Å². The van der Waals surface area contributed by atoms with Crippen molar-refractivity contribution >= 4 is 35.0 Å². The maximum atomic E-state index is 12.9. The number of aryl methyl sites for hydroxylation is 1. The van der Waals surface area contributed by atoms with Gasteiger partial charge in [-0.05, 0) is 55.0 Å². The third-order valence-corrected chi connectivity index (χ3v) is 6.79. The molecule has 0 aromatic heterocycles. The summed E-state index contributed by atoms with van der Waals surface area (Å²) < 4.78 is 0. The summed E-state index contributed by atoms with van der Waals surface area (Å²) in [5.41, 5.74) is 2.05. The average molecular weight is 462 g/mol. The van der Waals surface area contributed by atoms with E-state index >= 15 is 0 Å². The van der Waals surface area contributed by atoms with E-state index in [0.717, 1.165) is 5.56 Å². The fraction of sp³-hybridized carbons (Fsp3) is 0.391. The molecule has 0 radical (unpaired) electrons. The van der Waals surface area contributed by atoms with Crippen LogP contribution in [-0.4, -0.2) is 83.0 Å². The van der Waals surface area contributed by atoms with E-state index in [-0.39, 0.29) is 17.9 Å². The van der Waals surface area contributed by atoms with Gasteiger partial charge < -0.3 is 14.9 Å². The van der Waals surface area contributed by atoms with Crippen LogP contribution in [0.15, 0.2) is 42.5 Å². The standard InChI is InChI=1S/C23H25Cl2N3O3/c1-15-12-17(4-7-19(15)25)23(31)28-13-20(21(29)14-28)26-8-10-27(11-9-26)22(30)16-2-5-18(24)6-3-16/h2-7,12,20-21,29H,8-11,13-14H2,1H3. The maximum absolute atomic E-state index is 12.9. The lowest BCUT2D eigenvalue weighted by Gasteiger charge is -2.38. The second kappa shape index (κ2) is 9.17. The van der Waals surface area contributed by atoms with Crippen LogP contribution in [0.4, 0.5) is 0 Å². The molecule has 1 N–H and O–H groups in total. The first kappa shape index (κ1) is 22.1. The summed E-state index contributed by atoms with van der Waals surface area (Å²) in [6.07, 6.45) is -0.615. The van der Waals surface area contributed by atoms with Crippen LogP contribution in [0, 0.1) is 6.92 Å². The molecule has 31 heavy (non-hydrogen) atoms. The predicted molar refractivity (Wildman–Crippen MR) is 121 cm³/mol. The van der Waals surface area contributed by atoms with Crippen molar-refractivity contribution in [3.05, 3.63) is 69.2 Å². The Morgan fingerprint density at radius 1 is 0.871 bits per heavy atom. The summed E-state index contributed by atoms with van der Waals surface area (Å²) in [7, 11) is 0. The second-order valence-corrected chi connectivity index (χ2v) is 8.99. The van der Waals surface area contributed by atoms with Gasteiger partial charge in [0.1, 0.15) is 0 Å². The number of nitrogens with zero attached hydrogens (tertiary/aromatic N) is 3. The molecule has 2 fully saturated rings. The third-order valence-electron chi connectivity index (χ3n) is 6.11. The molecule has 2 aliphatic heterocycles. The van der Waals surface area contributed by atoms with Gasteiger partial charge >= 0.3 is 0 Å². The van der Waals surface area contributed by atoms with Gasteiger partial charge in [0, 0.05) is 60.4 Å². The zero-order valence-electron chi connectivity index (χ0n) is 17.3. The number of likely N-dealkylation sites (tertiary alicyclic amines) is 1. The quantitative estimate of drug-likeness (QED) is 0.762. The van der Waals surface area contributed by atoms with Crippen molar-refractivity contribution in [1.29, 1.82) is 0 Å². The van der Waals surface area contributed by atoms with Gasteiger partial charge in [-0.3, -0.25) is 14.5 Å². The van der Waals surface area contributed by atoms with Crippen molar-refractivity contribution < 1.29 is 14.7 Å². The lowest BCUT2D eigenvalue weighted by atomic mass is 10.1. The number of piperazine rings is 1. The largest absolute Gasteiger partial charge is 0.390 e. The van der Waals surface area contributed by atoms with Gasteiger partial charge in [0.25, 0.3) is 11.8 Å². The van der Waals surface area contributed by atoms with Crippen LogP contribution < -0.4 is 0 Å². The Kier molecular flexibility index (Phi) is 6.53. The molecular weight excluding hydrogens is 437 g/mol. The van der Waals surface area contributed by atoms with Crippen LogP contribution >= 0.6 is 23.2 Å². The zero-order chi connectivity index (χ0) is 22.1. The van der Waals surface area contributed by atoms with Gasteiger partial charge in [0.05, 0.1) is 12.1 Å². The molecule has 2 amide bonds. The van der Waals surface area contributed by atoms with Gasteiger partial charge in [-0.1, -0.05) is 23.2 Å². The first-order valence-electron chi connectivity index (χ1n) is 10.4. The monoisotopic (exact) mass is 461 g/mol. The fourth-order valence-corrected chi connectivity index (χ4v) is 4.53. The topological polar surface area (TPSA) is 64.1 Å². The van der Waals surface area contributed by atoms with Gasteiger partial charge in [0.2, 0.25) is 0 Å². The van der Waals surface area contributed by atoms with E-state index in [4.69, 9.17) is 23.2 Å². The highest BCUT2D eigenvalue weighted by Gasteiger charge is 2.39. The highest BCUT2D eigenvalue weighted by molar-refractivity contribution is 6.31. The number of aliphatic hydroxyl groups excluding tert-OH is 1. The van der Waals surface area contributed by atoms with E-state index in [1.54, 1.807) is 47.4 Å². The van der Waals surface area contributed by atoms with Crippen LogP contribution in [0.5, 0.6) is 0 Å². The van der Waals surface area contributed by atoms with Crippen molar-refractivity contribution in [2.75, 3.05) is 39.3 Å². The summed E-state index contributed by atoms with van der Waals surface area (Å²) >= 11 is 12.0. The van der Waals surface area contributed by atoms with E-state index in [1.165, 1.54) is 0 Å². The number of rotatable bonds is 3. The molecule has 4 rings (SSSR count). The molecule has 2 heterocycles. The fourth-order valence-electron chi connectivity index (χ4n) is 4.29. The molecule has 2 unspecified atom stereocenters. The molecule has 6 nitrogen and oxygen atoms in total. The molecule has 0 spiro atoms. The first-order valence-corrected chi connectivity index (χ1v) is 11.1. The number of carbonyl (C=O) groups excluding carboxylic acids is 2. The van der Waals surface area contributed by atoms with Crippen LogP contribution in [-0.2, 0) is 0 Å². The SMILES string of the molecule is Cc1cc(C(=O)N2CC(O)C(N3CCN(C(=O)c4ccc(Cl)cc4)CC3)C2)ccc1Cl. The zero-order valence-corrected chi connectivity index (χ0v) is 18.8. The highest BCUT2D eigenvalue weighted by Crippen LogP contribution is 2.23. The van der Waals surface area contributed by atoms with Crippen molar-refractivity contribution in [2.24, 2.45) is 0 Å². The van der Waals surface area contributed by atoms with Gasteiger partial charge in [-0.15, -0.1) is 0 Å². The van der Waals surface area contributed by atoms with E-state index in [1.807, 2.05) is 11.8 Å². The molecule has 164 valence electrons. The highest BCUT2D eigenvalue weighted by atomic mass is 35.5. The summed E-state index contributed by atoms with van der Waals surface area (Å²) in [6.45, 7) is 5.10. The number of β-amino-alcohol motifs (C(OH)–C–C–N with tert-alkyl or cyclic N) is 1. The average Bonchev–Trinajstić information content (AvgIpc) is 3.17. The van der Waals surface area contributed by atoms with E-state index in [2.05, 4.69) is 4.90 Å². The summed E-state index contributed by atoms with van der Waals surface area (Å²) in [4.78, 5) is 31.3. The minimum atomic E-state index is -0.615. The number of hydrogen-bond donors (Lipinski definition) is 1. The van der Waals surface area contributed by atoms with Crippen LogP contribution in [0.1, 0.15) is 26.3 Å². The molecular formula is C23H25Cl2N3O3. The molecule has 2 saturated heterocycles. The van der Waals surface area contributed by atoms with Crippen molar-refractivity contribution in [3.63, 3.8) is 0 Å². The minimum absolute atomic E-state index is 0.0156. The first-order chi connectivity index (χ1) is 14.8. The minimum Gasteiger partial charge on any atom is -0.390 e. The number of aliphatic hydroxyl groups is 1. The number of hydrogen-bond acceptors (Lipinski definition) is 4. The lowest BCUT2D eigenvalue weighted by Crippen LogP contribution is -2.54. The maximum Gasteiger partial charge on any atom is 0.254 e. The Bertz CT molecular complexity index is 975. The van der Waals surface area contributed by atoms with Crippen LogP contribution in [0.2, 0.25) is 10.0 Å². The molecule has 2 aromatic rings. The molecule has 2 aliphatic rings. The number of halogens is 2. The summed E-state index contributed by atoms with van der Waals surface area (Å²) in [6, 6.07) is 12.0. The molecule has 0 bridgehead atoms. The van der Waals surface area contributed by atoms with Gasteiger partial charge in [-0.25, -0.2) is 0 Å². The van der Waals surface area contributed by atoms with Crippen molar-refractivity contribution in [3.8, 4) is 0 Å². The van der Waals surface area contributed by atoms with Crippen molar-refractivity contribution in [1.82, 2.24) is 14.7 Å². The van der Waals surface area contributed by atoms with E-state index in [0.29, 0.717) is 60.4 Å². The van der Waals surface area contributed by atoms with E-state index in [9.17, 15) is 14.7 Å². The molecule has 0 aliphatic carbocycles. The summed E-state index contributed by atoms with van der Waals surface area (Å²) in [5.74, 6) is -0.115. The van der Waals surface area contributed by atoms with Crippen LogP contribution in [0.25, 0.3) is 0 Å².